The van der Waals surface area contributed by atoms with E-state index in [0.29, 0.717) is 37.8 Å². The van der Waals surface area contributed by atoms with Gasteiger partial charge < -0.3 is 20.0 Å². The Balaban J connectivity index is 1.75. The summed E-state index contributed by atoms with van der Waals surface area (Å²) in [5.74, 6) is 1.10. The fraction of sp³-hybridized carbons (Fsp3) is 0.625. The third-order valence-corrected chi connectivity index (χ3v) is 5.34. The summed E-state index contributed by atoms with van der Waals surface area (Å²) in [5.41, 5.74) is 1.68. The Morgan fingerprint density at radius 3 is 2.16 bits per heavy atom. The lowest BCUT2D eigenvalue weighted by Crippen LogP contribution is -2.41. The van der Waals surface area contributed by atoms with Crippen LogP contribution in [0, 0.1) is 11.8 Å². The molecule has 1 N–H and O–H groups in total. The van der Waals surface area contributed by atoms with Crippen LogP contribution in [0.2, 0.25) is 0 Å². The first-order valence-electron chi connectivity index (χ1n) is 11.4. The number of nitrogens with zero attached hydrogens (tertiary/aromatic N) is 3. The zero-order valence-corrected chi connectivity index (χ0v) is 19.5. The lowest BCUT2D eigenvalue weighted by molar-refractivity contribution is -0.136. The molecule has 0 saturated carbocycles. The highest BCUT2D eigenvalue weighted by atomic mass is 16.6. The van der Waals surface area contributed by atoms with Gasteiger partial charge in [0.25, 0.3) is 5.91 Å². The number of piperidine rings is 1. The molecule has 1 aliphatic rings. The van der Waals surface area contributed by atoms with Crippen LogP contribution in [0.4, 0.5) is 10.5 Å². The smallest absolute Gasteiger partial charge is 0.321 e. The van der Waals surface area contributed by atoms with E-state index in [0.717, 1.165) is 37.3 Å². The van der Waals surface area contributed by atoms with Gasteiger partial charge in [-0.2, -0.15) is 0 Å². The Morgan fingerprint density at radius 2 is 1.61 bits per heavy atom. The fourth-order valence-electron chi connectivity index (χ4n) is 3.24. The molecule has 0 aliphatic carbocycles. The summed E-state index contributed by atoms with van der Waals surface area (Å²) in [6.07, 6.45) is 3.28. The standard InChI is InChI=1S/C24H38N4O3/c1-19(2)10-14-27(15-11-20(3)4)23(29)18-31-26-22-12-16-28(17-13-22)24(30)25-21-8-6-5-7-9-21/h5-9,19-20H,10-18H2,1-4H3,(H,25,30). The number of urea groups is 1. The minimum atomic E-state index is -0.104. The highest BCUT2D eigenvalue weighted by molar-refractivity contribution is 5.92. The predicted octanol–water partition coefficient (Wildman–Crippen LogP) is 4.61. The molecule has 2 rings (SSSR count). The van der Waals surface area contributed by atoms with E-state index in [9.17, 15) is 9.59 Å². The highest BCUT2D eigenvalue weighted by Crippen LogP contribution is 2.12. The van der Waals surface area contributed by atoms with Gasteiger partial charge in [-0.15, -0.1) is 0 Å². The molecule has 7 nitrogen and oxygen atoms in total. The molecule has 0 bridgehead atoms. The number of hydrogen-bond donors (Lipinski definition) is 1. The molecule has 1 fully saturated rings. The van der Waals surface area contributed by atoms with Crippen LogP contribution in [-0.4, -0.2) is 60.2 Å². The first kappa shape index (κ1) is 24.7. The molecule has 1 heterocycles. The topological polar surface area (TPSA) is 74.2 Å². The average Bonchev–Trinajstić information content (AvgIpc) is 2.74. The van der Waals surface area contributed by atoms with Crippen molar-refractivity contribution in [2.24, 2.45) is 17.0 Å². The maximum absolute atomic E-state index is 12.6. The number of anilines is 1. The minimum absolute atomic E-state index is 0.00896. The summed E-state index contributed by atoms with van der Waals surface area (Å²) >= 11 is 0. The van der Waals surface area contributed by atoms with E-state index >= 15 is 0 Å². The van der Waals surface area contributed by atoms with Gasteiger partial charge in [0, 0.05) is 44.7 Å². The molecule has 1 aromatic carbocycles. The second-order valence-corrected chi connectivity index (χ2v) is 8.96. The molecule has 1 aromatic rings. The van der Waals surface area contributed by atoms with Crippen LogP contribution < -0.4 is 5.32 Å². The maximum Gasteiger partial charge on any atom is 0.321 e. The van der Waals surface area contributed by atoms with Crippen LogP contribution in [0.15, 0.2) is 35.5 Å². The molecule has 0 atom stereocenters. The monoisotopic (exact) mass is 430 g/mol. The van der Waals surface area contributed by atoms with Gasteiger partial charge in [-0.25, -0.2) is 4.79 Å². The van der Waals surface area contributed by atoms with Crippen molar-refractivity contribution in [1.29, 1.82) is 0 Å². The van der Waals surface area contributed by atoms with Gasteiger partial charge in [0.05, 0.1) is 5.71 Å². The van der Waals surface area contributed by atoms with Crippen LogP contribution in [0.25, 0.3) is 0 Å². The van der Waals surface area contributed by atoms with E-state index in [1.165, 1.54) is 0 Å². The number of likely N-dealkylation sites (tertiary alicyclic amines) is 1. The van der Waals surface area contributed by atoms with Gasteiger partial charge in [-0.05, 0) is 36.8 Å². The summed E-state index contributed by atoms with van der Waals surface area (Å²) in [4.78, 5) is 34.0. The van der Waals surface area contributed by atoms with Crippen molar-refractivity contribution in [1.82, 2.24) is 9.80 Å². The molecule has 172 valence electrons. The van der Waals surface area contributed by atoms with Crippen molar-refractivity contribution in [2.45, 2.75) is 53.4 Å². The van der Waals surface area contributed by atoms with Gasteiger partial charge in [0.1, 0.15) is 0 Å². The largest absolute Gasteiger partial charge is 0.386 e. The lowest BCUT2D eigenvalue weighted by Gasteiger charge is -2.27. The Labute approximate surface area is 186 Å². The molecular weight excluding hydrogens is 392 g/mol. The van der Waals surface area contributed by atoms with Gasteiger partial charge in [-0.3, -0.25) is 4.79 Å². The summed E-state index contributed by atoms with van der Waals surface area (Å²) in [5, 5.41) is 7.09. The molecule has 1 saturated heterocycles. The van der Waals surface area contributed by atoms with Crippen molar-refractivity contribution in [3.8, 4) is 0 Å². The molecule has 1 aliphatic heterocycles. The first-order chi connectivity index (χ1) is 14.8. The third kappa shape index (κ3) is 9.40. The molecule has 3 amide bonds. The molecule has 7 heteroatoms. The number of hydrogen-bond acceptors (Lipinski definition) is 4. The second kappa shape index (κ2) is 13.0. The summed E-state index contributed by atoms with van der Waals surface area (Å²) in [7, 11) is 0. The van der Waals surface area contributed by atoms with Crippen LogP contribution in [0.5, 0.6) is 0 Å². The van der Waals surface area contributed by atoms with Crippen molar-refractivity contribution in [3.63, 3.8) is 0 Å². The number of carbonyl (C=O) groups is 2. The predicted molar refractivity (Wildman–Crippen MR) is 125 cm³/mol. The number of amides is 3. The SMILES string of the molecule is CC(C)CCN(CCC(C)C)C(=O)CON=C1CCN(C(=O)Nc2ccccc2)CC1. The fourth-order valence-corrected chi connectivity index (χ4v) is 3.24. The van der Waals surface area contributed by atoms with Gasteiger partial charge in [0.2, 0.25) is 0 Å². The van der Waals surface area contributed by atoms with Crippen LogP contribution in [-0.2, 0) is 9.63 Å². The van der Waals surface area contributed by atoms with Crippen molar-refractivity contribution in [3.05, 3.63) is 30.3 Å². The Morgan fingerprint density at radius 1 is 1.03 bits per heavy atom. The van der Waals surface area contributed by atoms with Gasteiger partial charge >= 0.3 is 6.03 Å². The second-order valence-electron chi connectivity index (χ2n) is 8.96. The van der Waals surface area contributed by atoms with E-state index in [-0.39, 0.29) is 18.5 Å². The van der Waals surface area contributed by atoms with E-state index < -0.39 is 0 Å². The van der Waals surface area contributed by atoms with E-state index in [2.05, 4.69) is 38.2 Å². The minimum Gasteiger partial charge on any atom is -0.386 e. The number of benzene rings is 1. The number of oxime groups is 1. The normalized spacial score (nSPS) is 14.0. The Hall–Kier alpha value is -2.57. The molecule has 0 unspecified atom stereocenters. The number of rotatable bonds is 10. The number of para-hydroxylation sites is 1. The number of carbonyl (C=O) groups excluding carboxylic acids is 2. The zero-order valence-electron chi connectivity index (χ0n) is 19.5. The molecule has 31 heavy (non-hydrogen) atoms. The summed E-state index contributed by atoms with van der Waals surface area (Å²) in [6, 6.07) is 9.32. The lowest BCUT2D eigenvalue weighted by atomic mass is 10.1. The van der Waals surface area contributed by atoms with Crippen molar-refractivity contribution in [2.75, 3.05) is 38.1 Å². The van der Waals surface area contributed by atoms with Crippen molar-refractivity contribution < 1.29 is 14.4 Å². The molecule has 0 spiro atoms. The van der Waals surface area contributed by atoms with Gasteiger partial charge in [0.15, 0.2) is 6.61 Å². The molecule has 0 aromatic heterocycles. The van der Waals surface area contributed by atoms with E-state index in [1.807, 2.05) is 35.2 Å². The van der Waals surface area contributed by atoms with Crippen LogP contribution >= 0.6 is 0 Å². The Kier molecular flexibility index (Phi) is 10.3. The van der Waals surface area contributed by atoms with Crippen molar-refractivity contribution >= 4 is 23.3 Å². The van der Waals surface area contributed by atoms with Crippen LogP contribution in [0.3, 0.4) is 0 Å². The Bertz CT molecular complexity index is 697. The maximum atomic E-state index is 12.6. The molecular formula is C24H38N4O3. The summed E-state index contributed by atoms with van der Waals surface area (Å²) in [6.45, 7) is 11.3. The van der Waals surface area contributed by atoms with E-state index in [1.54, 1.807) is 4.90 Å². The quantitative estimate of drug-likeness (QED) is 0.551. The third-order valence-electron chi connectivity index (χ3n) is 5.34. The van der Waals surface area contributed by atoms with Gasteiger partial charge in [-0.1, -0.05) is 51.0 Å². The summed E-state index contributed by atoms with van der Waals surface area (Å²) < 4.78 is 0. The van der Waals surface area contributed by atoms with Crippen LogP contribution in [0.1, 0.15) is 53.4 Å². The molecule has 0 radical (unpaired) electrons. The average molecular weight is 431 g/mol. The number of nitrogens with one attached hydrogen (secondary N) is 1. The van der Waals surface area contributed by atoms with E-state index in [4.69, 9.17) is 4.84 Å². The first-order valence-corrected chi connectivity index (χ1v) is 11.4. The highest BCUT2D eigenvalue weighted by Gasteiger charge is 2.21. The zero-order chi connectivity index (χ0) is 22.6.